The number of ether oxygens (including phenoxy) is 2. The van der Waals surface area contributed by atoms with E-state index in [0.717, 1.165) is 54.9 Å². The topological polar surface area (TPSA) is 63.9 Å². The molecule has 2 aliphatic rings. The van der Waals surface area contributed by atoms with E-state index >= 15 is 0 Å². The number of nitrogens with zero attached hydrogens (tertiary/aromatic N) is 1. The Morgan fingerprint density at radius 2 is 1.85 bits per heavy atom. The maximum absolute atomic E-state index is 12.9. The van der Waals surface area contributed by atoms with Gasteiger partial charge in [-0.25, -0.2) is 0 Å². The Balaban J connectivity index is 1.57. The summed E-state index contributed by atoms with van der Waals surface area (Å²) >= 11 is 1.63. The summed E-state index contributed by atoms with van der Waals surface area (Å²) in [6.07, 6.45) is 5.64. The third kappa shape index (κ3) is 4.87. The number of furan rings is 1. The number of carbonyl (C=O) groups excluding carboxylic acids is 1. The molecule has 3 aromatic rings. The molecule has 1 aliphatic carbocycles. The fourth-order valence-electron chi connectivity index (χ4n) is 4.77. The van der Waals surface area contributed by atoms with Crippen LogP contribution in [0.2, 0.25) is 0 Å². The van der Waals surface area contributed by atoms with Crippen LogP contribution in [-0.2, 0) is 17.6 Å². The van der Waals surface area contributed by atoms with Crippen LogP contribution >= 0.6 is 11.3 Å². The van der Waals surface area contributed by atoms with E-state index in [0.29, 0.717) is 13.2 Å². The average molecular weight is 489 g/mol. The van der Waals surface area contributed by atoms with Crippen LogP contribution in [0.4, 0.5) is 13.8 Å². The summed E-state index contributed by atoms with van der Waals surface area (Å²) in [4.78, 5) is 16.5. The molecule has 1 amide bonds. The van der Waals surface area contributed by atoms with Crippen LogP contribution < -0.4 is 10.1 Å². The summed E-state index contributed by atoms with van der Waals surface area (Å²) in [5.41, 5.74) is 3.34. The second-order valence-corrected chi connectivity index (χ2v) is 9.49. The monoisotopic (exact) mass is 488 g/mol. The highest BCUT2D eigenvalue weighted by Gasteiger charge is 2.33. The van der Waals surface area contributed by atoms with Crippen LogP contribution in [0.5, 0.6) is 5.75 Å². The summed E-state index contributed by atoms with van der Waals surface area (Å²) in [7, 11) is 0. The van der Waals surface area contributed by atoms with Crippen LogP contribution in [0.25, 0.3) is 0 Å². The molecular formula is C25H26F2N2O4S. The van der Waals surface area contributed by atoms with E-state index in [2.05, 4.69) is 15.0 Å². The predicted octanol–water partition coefficient (Wildman–Crippen LogP) is 5.50. The molecule has 180 valence electrons. The molecule has 0 spiro atoms. The zero-order valence-corrected chi connectivity index (χ0v) is 19.4. The fourth-order valence-corrected chi connectivity index (χ4v) is 6.09. The molecule has 3 heterocycles. The molecule has 1 aromatic carbocycles. The summed E-state index contributed by atoms with van der Waals surface area (Å²) in [5.74, 6) is 0.0955. The molecule has 2 aromatic heterocycles. The van der Waals surface area contributed by atoms with E-state index in [-0.39, 0.29) is 23.5 Å². The number of hydrogen-bond acceptors (Lipinski definition) is 6. The Labute approximate surface area is 200 Å². The first-order valence-electron chi connectivity index (χ1n) is 11.5. The van der Waals surface area contributed by atoms with Crippen molar-refractivity contribution in [1.82, 2.24) is 4.90 Å². The zero-order valence-electron chi connectivity index (χ0n) is 18.6. The van der Waals surface area contributed by atoms with Crippen molar-refractivity contribution in [2.45, 2.75) is 38.3 Å². The van der Waals surface area contributed by atoms with E-state index in [9.17, 15) is 13.6 Å². The van der Waals surface area contributed by atoms with Gasteiger partial charge in [-0.3, -0.25) is 9.69 Å². The van der Waals surface area contributed by atoms with Gasteiger partial charge in [-0.05, 0) is 61.1 Å². The van der Waals surface area contributed by atoms with E-state index in [1.165, 1.54) is 16.7 Å². The lowest BCUT2D eigenvalue weighted by atomic mass is 9.88. The molecule has 5 rings (SSSR count). The summed E-state index contributed by atoms with van der Waals surface area (Å²) in [6.45, 7) is -0.174. The summed E-state index contributed by atoms with van der Waals surface area (Å²) < 4.78 is 40.8. The second kappa shape index (κ2) is 10.2. The number of amides is 1. The van der Waals surface area contributed by atoms with Gasteiger partial charge < -0.3 is 19.2 Å². The van der Waals surface area contributed by atoms with Gasteiger partial charge >= 0.3 is 6.61 Å². The van der Waals surface area contributed by atoms with Crippen LogP contribution in [0.15, 0.2) is 47.1 Å². The second-order valence-electron chi connectivity index (χ2n) is 8.38. The Hall–Kier alpha value is -2.75. The maximum atomic E-state index is 12.9. The van der Waals surface area contributed by atoms with E-state index in [4.69, 9.17) is 9.15 Å². The minimum absolute atomic E-state index is 0.123. The molecule has 0 bridgehead atoms. The standard InChI is InChI=1S/C25H26F2N2O4S/c26-25(27)33-17-9-7-16(8-10-17)22(29-11-14-31-15-12-29)21-18-4-1-2-6-20(18)34-24(21)28-23(30)19-5-3-13-32-19/h3,5,7-10,13,22,25H,1-2,4,6,11-12,14-15H2,(H,28,30). The van der Waals surface area contributed by atoms with Gasteiger partial charge in [0.15, 0.2) is 5.76 Å². The molecule has 0 saturated carbocycles. The van der Waals surface area contributed by atoms with Gasteiger partial charge in [-0.2, -0.15) is 8.78 Å². The molecule has 1 N–H and O–H groups in total. The molecule has 1 atom stereocenters. The fraction of sp³-hybridized carbons (Fsp3) is 0.400. The van der Waals surface area contributed by atoms with Crippen LogP contribution in [0.3, 0.4) is 0 Å². The first kappa shape index (κ1) is 23.0. The van der Waals surface area contributed by atoms with Gasteiger partial charge in [0.2, 0.25) is 0 Å². The first-order chi connectivity index (χ1) is 16.6. The van der Waals surface area contributed by atoms with Crippen molar-refractivity contribution in [2.75, 3.05) is 31.6 Å². The van der Waals surface area contributed by atoms with Gasteiger partial charge in [-0.1, -0.05) is 12.1 Å². The van der Waals surface area contributed by atoms with Gasteiger partial charge in [0.05, 0.1) is 25.5 Å². The highest BCUT2D eigenvalue weighted by atomic mass is 32.1. The lowest BCUT2D eigenvalue weighted by Gasteiger charge is -2.36. The minimum atomic E-state index is -2.87. The number of halogens is 2. The predicted molar refractivity (Wildman–Crippen MR) is 125 cm³/mol. The van der Waals surface area contributed by atoms with Crippen molar-refractivity contribution < 1.29 is 27.5 Å². The average Bonchev–Trinajstić information content (AvgIpc) is 3.50. The van der Waals surface area contributed by atoms with Crippen molar-refractivity contribution in [3.8, 4) is 5.75 Å². The molecule has 1 unspecified atom stereocenters. The quantitative estimate of drug-likeness (QED) is 0.476. The Kier molecular flexibility index (Phi) is 6.94. The lowest BCUT2D eigenvalue weighted by Crippen LogP contribution is -2.40. The van der Waals surface area contributed by atoms with Crippen molar-refractivity contribution in [3.05, 3.63) is 70.0 Å². The molecule has 1 aliphatic heterocycles. The smallest absolute Gasteiger partial charge is 0.387 e. The highest BCUT2D eigenvalue weighted by Crippen LogP contribution is 2.46. The number of rotatable bonds is 7. The first-order valence-corrected chi connectivity index (χ1v) is 12.3. The number of morpholine rings is 1. The van der Waals surface area contributed by atoms with E-state index < -0.39 is 6.61 Å². The number of benzene rings is 1. The van der Waals surface area contributed by atoms with Crippen molar-refractivity contribution in [2.24, 2.45) is 0 Å². The molecular weight excluding hydrogens is 462 g/mol. The summed E-state index contributed by atoms with van der Waals surface area (Å²) in [5, 5.41) is 3.92. The number of carbonyl (C=O) groups is 1. The van der Waals surface area contributed by atoms with E-state index in [1.54, 1.807) is 35.6 Å². The lowest BCUT2D eigenvalue weighted by molar-refractivity contribution is -0.0498. The molecule has 0 radical (unpaired) electrons. The van der Waals surface area contributed by atoms with Gasteiger partial charge in [0.1, 0.15) is 10.8 Å². The molecule has 34 heavy (non-hydrogen) atoms. The third-order valence-electron chi connectivity index (χ3n) is 6.29. The largest absolute Gasteiger partial charge is 0.459 e. The molecule has 6 nitrogen and oxygen atoms in total. The number of fused-ring (bicyclic) bond motifs is 1. The van der Waals surface area contributed by atoms with Crippen molar-refractivity contribution >= 4 is 22.2 Å². The molecule has 9 heteroatoms. The molecule has 1 fully saturated rings. The number of nitrogens with one attached hydrogen (secondary N) is 1. The summed E-state index contributed by atoms with van der Waals surface area (Å²) in [6, 6.07) is 10.0. The van der Waals surface area contributed by atoms with Gasteiger partial charge in [0, 0.05) is 23.5 Å². The number of anilines is 1. The van der Waals surface area contributed by atoms with Crippen LogP contribution in [0, 0.1) is 0 Å². The minimum Gasteiger partial charge on any atom is -0.459 e. The SMILES string of the molecule is O=C(Nc1sc2c(c1C(c1ccc(OC(F)F)cc1)N1CCOCC1)CCCC2)c1ccco1. The normalized spacial score (nSPS) is 17.4. The number of thiophene rings is 1. The van der Waals surface area contributed by atoms with Crippen LogP contribution in [-0.4, -0.2) is 43.7 Å². The van der Waals surface area contributed by atoms with E-state index in [1.807, 2.05) is 12.1 Å². The number of aryl methyl sites for hydroxylation is 1. The zero-order chi connectivity index (χ0) is 23.5. The Morgan fingerprint density at radius 1 is 1.09 bits per heavy atom. The highest BCUT2D eigenvalue weighted by molar-refractivity contribution is 7.16. The van der Waals surface area contributed by atoms with Crippen molar-refractivity contribution in [1.29, 1.82) is 0 Å². The van der Waals surface area contributed by atoms with Crippen LogP contribution in [0.1, 0.15) is 51.0 Å². The van der Waals surface area contributed by atoms with Gasteiger partial charge in [0.25, 0.3) is 5.91 Å². The Morgan fingerprint density at radius 3 is 2.56 bits per heavy atom. The third-order valence-corrected chi connectivity index (χ3v) is 7.51. The maximum Gasteiger partial charge on any atom is 0.387 e. The van der Waals surface area contributed by atoms with Gasteiger partial charge in [-0.15, -0.1) is 11.3 Å². The van der Waals surface area contributed by atoms with Crippen molar-refractivity contribution in [3.63, 3.8) is 0 Å². The number of hydrogen-bond donors (Lipinski definition) is 1. The molecule has 1 saturated heterocycles. The number of alkyl halides is 2. The Bertz CT molecular complexity index is 1110.